The average Bonchev–Trinajstić information content (AvgIpc) is 3.06. The monoisotopic (exact) mass is 712 g/mol. The van der Waals surface area contributed by atoms with Gasteiger partial charge in [0, 0.05) is 26.2 Å². The smallest absolute Gasteiger partial charge is 0.407 e. The predicted molar refractivity (Wildman–Crippen MR) is 194 cm³/mol. The summed E-state index contributed by atoms with van der Waals surface area (Å²) in [6, 6.07) is 15.3. The molecule has 0 radical (unpaired) electrons. The van der Waals surface area contributed by atoms with Gasteiger partial charge in [0.15, 0.2) is 6.61 Å². The molecule has 1 saturated heterocycles. The van der Waals surface area contributed by atoms with E-state index in [1.165, 1.54) is 0 Å². The van der Waals surface area contributed by atoms with Crippen molar-refractivity contribution in [2.24, 2.45) is 0 Å². The number of carbonyl (C=O) groups is 3. The molecule has 1 fully saturated rings. The van der Waals surface area contributed by atoms with Crippen molar-refractivity contribution in [3.05, 3.63) is 71.8 Å². The fraction of sp³-hybridized carbons (Fsp3) is 0.553. The second-order valence-electron chi connectivity index (χ2n) is 14.5. The molecule has 51 heavy (non-hydrogen) atoms. The molecule has 5 N–H and O–H groups in total. The molecule has 13 nitrogen and oxygen atoms in total. The molecule has 1 aliphatic heterocycles. The highest BCUT2D eigenvalue weighted by Crippen LogP contribution is 2.16. The Morgan fingerprint density at radius 1 is 0.824 bits per heavy atom. The Hall–Kier alpha value is -4.17. The number of aliphatic hydroxyl groups excluding tert-OH is 2. The number of hydrogen-bond donors (Lipinski definition) is 5. The van der Waals surface area contributed by atoms with E-state index >= 15 is 0 Å². The van der Waals surface area contributed by atoms with Gasteiger partial charge in [0.1, 0.15) is 17.0 Å². The number of ether oxygens (including phenoxy) is 4. The van der Waals surface area contributed by atoms with Crippen molar-refractivity contribution < 1.29 is 43.5 Å². The molecule has 0 aliphatic carbocycles. The molecular weight excluding hydrogens is 656 g/mol. The number of alkyl carbamates (subject to hydrolysis) is 2. The minimum Gasteiger partial charge on any atom is -0.484 e. The minimum absolute atomic E-state index is 0.0328. The van der Waals surface area contributed by atoms with E-state index < -0.39 is 47.7 Å². The van der Waals surface area contributed by atoms with Crippen LogP contribution in [0.5, 0.6) is 5.75 Å². The van der Waals surface area contributed by atoms with Gasteiger partial charge < -0.3 is 50.0 Å². The van der Waals surface area contributed by atoms with Crippen LogP contribution in [0.1, 0.15) is 59.1 Å². The lowest BCUT2D eigenvalue weighted by Crippen LogP contribution is -2.52. The van der Waals surface area contributed by atoms with Crippen molar-refractivity contribution in [2.45, 2.75) is 89.9 Å². The summed E-state index contributed by atoms with van der Waals surface area (Å²) in [5.74, 6) is 0.479. The number of hydrogen-bond acceptors (Lipinski definition) is 10. The lowest BCUT2D eigenvalue weighted by molar-refractivity contribution is -0.137. The second kappa shape index (κ2) is 20.0. The Kier molecular flexibility index (Phi) is 16.2. The summed E-state index contributed by atoms with van der Waals surface area (Å²) in [7, 11) is 0. The van der Waals surface area contributed by atoms with E-state index in [0.717, 1.165) is 11.1 Å². The molecule has 0 spiro atoms. The molecule has 3 amide bonds. The summed E-state index contributed by atoms with van der Waals surface area (Å²) in [5, 5.41) is 30.9. The summed E-state index contributed by atoms with van der Waals surface area (Å²) < 4.78 is 21.8. The molecule has 0 saturated carbocycles. The zero-order valence-electron chi connectivity index (χ0n) is 30.7. The van der Waals surface area contributed by atoms with Gasteiger partial charge in [-0.25, -0.2) is 9.59 Å². The molecule has 1 aliphatic rings. The highest BCUT2D eigenvalue weighted by molar-refractivity contribution is 5.77. The topological polar surface area (TPSA) is 168 Å². The number of nitrogens with zero attached hydrogens (tertiary/aromatic N) is 1. The van der Waals surface area contributed by atoms with Crippen LogP contribution >= 0.6 is 0 Å². The van der Waals surface area contributed by atoms with Crippen LogP contribution in [0.25, 0.3) is 6.08 Å². The minimum atomic E-state index is -1.06. The first kappa shape index (κ1) is 41.3. The fourth-order valence-corrected chi connectivity index (χ4v) is 5.12. The van der Waals surface area contributed by atoms with Crippen molar-refractivity contribution in [1.82, 2.24) is 20.9 Å². The van der Waals surface area contributed by atoms with Crippen molar-refractivity contribution >= 4 is 24.2 Å². The maximum Gasteiger partial charge on any atom is 0.407 e. The van der Waals surface area contributed by atoms with E-state index in [1.807, 2.05) is 54.6 Å². The van der Waals surface area contributed by atoms with Crippen LogP contribution in [0, 0.1) is 0 Å². The van der Waals surface area contributed by atoms with Crippen LogP contribution in [0.3, 0.4) is 0 Å². The van der Waals surface area contributed by atoms with Crippen molar-refractivity contribution in [3.63, 3.8) is 0 Å². The molecule has 3 rings (SSSR count). The summed E-state index contributed by atoms with van der Waals surface area (Å²) >= 11 is 0. The highest BCUT2D eigenvalue weighted by atomic mass is 16.6. The average molecular weight is 713 g/mol. The zero-order chi connectivity index (χ0) is 37.4. The van der Waals surface area contributed by atoms with Gasteiger partial charge in [-0.15, -0.1) is 0 Å². The third kappa shape index (κ3) is 16.6. The van der Waals surface area contributed by atoms with Crippen LogP contribution in [0.4, 0.5) is 9.59 Å². The van der Waals surface area contributed by atoms with E-state index in [2.05, 4.69) is 16.0 Å². The summed E-state index contributed by atoms with van der Waals surface area (Å²) in [6.45, 7) is 12.8. The fourth-order valence-electron chi connectivity index (χ4n) is 5.12. The SMILES string of the molecule is CC(C)(C)OC(=O)N[C@@H](C/C=C/c1ccc(OCC(=O)N2CCOCC2)cc1)[C@H](O)CNC[C@@H](O)[C@H](Cc1ccccc1)NC(=O)OC(C)(C)C. The van der Waals surface area contributed by atoms with Crippen molar-refractivity contribution in [2.75, 3.05) is 46.0 Å². The molecular formula is C38H56N4O9. The molecule has 282 valence electrons. The number of aliphatic hydroxyl groups is 2. The lowest BCUT2D eigenvalue weighted by atomic mass is 10.0. The number of nitrogens with one attached hydrogen (secondary N) is 3. The first-order valence-electron chi connectivity index (χ1n) is 17.4. The Labute approximate surface area is 301 Å². The van der Waals surface area contributed by atoms with Gasteiger partial charge in [0.05, 0.1) is 37.5 Å². The number of rotatable bonds is 16. The molecule has 0 bridgehead atoms. The standard InChI is InChI=1S/C38H56N4O9/c1-37(2,3)50-35(46)40-30(14-10-13-27-15-17-29(18-16-27)49-26-34(45)42-19-21-48-22-20-42)32(43)24-39-25-33(44)31(23-28-11-8-7-9-12-28)41-36(47)51-38(4,5)6/h7-13,15-18,30-33,39,43-44H,14,19-26H2,1-6H3,(H,40,46)(H,41,47)/b13-10+/t30-,31-,32+,33+/m0/s1. The third-order valence-corrected chi connectivity index (χ3v) is 7.65. The first-order valence-corrected chi connectivity index (χ1v) is 17.4. The van der Waals surface area contributed by atoms with E-state index in [9.17, 15) is 24.6 Å². The highest BCUT2D eigenvalue weighted by Gasteiger charge is 2.27. The van der Waals surface area contributed by atoms with Crippen LogP contribution in [-0.4, -0.2) is 115 Å². The number of benzene rings is 2. The third-order valence-electron chi connectivity index (χ3n) is 7.65. The number of amides is 3. The molecule has 13 heteroatoms. The zero-order valence-corrected chi connectivity index (χ0v) is 30.7. The number of morpholine rings is 1. The van der Waals surface area contributed by atoms with Crippen molar-refractivity contribution in [3.8, 4) is 5.75 Å². The van der Waals surface area contributed by atoms with E-state index in [-0.39, 0.29) is 32.0 Å². The van der Waals surface area contributed by atoms with Crippen molar-refractivity contribution in [1.29, 1.82) is 0 Å². The van der Waals surface area contributed by atoms with Gasteiger partial charge in [0.2, 0.25) is 0 Å². The maximum atomic E-state index is 12.7. The second-order valence-corrected chi connectivity index (χ2v) is 14.5. The van der Waals surface area contributed by atoms with Gasteiger partial charge in [-0.1, -0.05) is 54.6 Å². The Bertz CT molecular complexity index is 1380. The van der Waals surface area contributed by atoms with Gasteiger partial charge in [-0.05, 0) is 77.6 Å². The lowest BCUT2D eigenvalue weighted by Gasteiger charge is -2.28. The van der Waals surface area contributed by atoms with Gasteiger partial charge >= 0.3 is 12.2 Å². The van der Waals surface area contributed by atoms with E-state index in [0.29, 0.717) is 38.5 Å². The van der Waals surface area contributed by atoms with E-state index in [1.54, 1.807) is 58.6 Å². The quantitative estimate of drug-likeness (QED) is 0.173. The Morgan fingerprint density at radius 3 is 1.94 bits per heavy atom. The Morgan fingerprint density at radius 2 is 1.37 bits per heavy atom. The van der Waals surface area contributed by atoms with Gasteiger partial charge in [0.25, 0.3) is 5.91 Å². The number of carbonyl (C=O) groups excluding carboxylic acids is 3. The van der Waals surface area contributed by atoms with Crippen LogP contribution in [0.15, 0.2) is 60.7 Å². The summed E-state index contributed by atoms with van der Waals surface area (Å²) in [5.41, 5.74) is 0.341. The molecule has 4 atom stereocenters. The van der Waals surface area contributed by atoms with Gasteiger partial charge in [-0.2, -0.15) is 0 Å². The van der Waals surface area contributed by atoms with Crippen LogP contribution < -0.4 is 20.7 Å². The van der Waals surface area contributed by atoms with Crippen LogP contribution in [-0.2, 0) is 25.4 Å². The van der Waals surface area contributed by atoms with Crippen LogP contribution in [0.2, 0.25) is 0 Å². The first-order chi connectivity index (χ1) is 24.1. The van der Waals surface area contributed by atoms with E-state index in [4.69, 9.17) is 18.9 Å². The Balaban J connectivity index is 1.58. The molecule has 1 heterocycles. The summed E-state index contributed by atoms with van der Waals surface area (Å²) in [4.78, 5) is 39.3. The molecule has 2 aromatic rings. The summed E-state index contributed by atoms with van der Waals surface area (Å²) in [6.07, 6.45) is 0.930. The predicted octanol–water partition coefficient (Wildman–Crippen LogP) is 3.67. The largest absolute Gasteiger partial charge is 0.484 e. The van der Waals surface area contributed by atoms with Gasteiger partial charge in [-0.3, -0.25) is 4.79 Å². The normalized spacial score (nSPS) is 16.1. The molecule has 0 unspecified atom stereocenters. The maximum absolute atomic E-state index is 12.7. The molecule has 2 aromatic carbocycles. The molecule has 0 aromatic heterocycles.